The second-order valence-electron chi connectivity index (χ2n) is 8.62. The number of nitrogens with zero attached hydrogens (tertiary/aromatic N) is 2. The predicted octanol–water partition coefficient (Wildman–Crippen LogP) is 6.26. The van der Waals surface area contributed by atoms with Gasteiger partial charge in [-0.25, -0.2) is 4.98 Å². The lowest BCUT2D eigenvalue weighted by atomic mass is 10.1. The molecule has 0 spiro atoms. The molecule has 0 aliphatic heterocycles. The number of aromatic nitrogens is 2. The lowest BCUT2D eigenvalue weighted by Gasteiger charge is -2.06. The van der Waals surface area contributed by atoms with Crippen molar-refractivity contribution in [2.75, 3.05) is 5.32 Å². The molecule has 33 heavy (non-hydrogen) atoms. The summed E-state index contributed by atoms with van der Waals surface area (Å²) in [6.07, 6.45) is 10.3. The van der Waals surface area contributed by atoms with Gasteiger partial charge in [0.15, 0.2) is 0 Å². The second-order valence-corrected chi connectivity index (χ2v) is 8.62. The number of carbonyl (C=O) groups excluding carboxylic acids is 2. The van der Waals surface area contributed by atoms with E-state index in [-0.39, 0.29) is 11.7 Å². The van der Waals surface area contributed by atoms with Crippen LogP contribution in [0.2, 0.25) is 0 Å². The van der Waals surface area contributed by atoms with Crippen LogP contribution >= 0.6 is 0 Å². The van der Waals surface area contributed by atoms with Crippen molar-refractivity contribution in [3.8, 4) is 11.8 Å². The van der Waals surface area contributed by atoms with Gasteiger partial charge < -0.3 is 14.5 Å². The van der Waals surface area contributed by atoms with Gasteiger partial charge in [0.25, 0.3) is 5.91 Å². The molecule has 2 heterocycles. The molecular weight excluding hydrogens is 410 g/mol. The minimum absolute atomic E-state index is 0.171. The van der Waals surface area contributed by atoms with Crippen LogP contribution in [0.15, 0.2) is 42.6 Å². The molecule has 0 bridgehead atoms. The number of hydrogen-bond donors (Lipinski definition) is 1. The largest absolute Gasteiger partial charge is 0.322 e. The summed E-state index contributed by atoms with van der Waals surface area (Å²) in [5.41, 5.74) is 4.84. The van der Waals surface area contributed by atoms with E-state index in [2.05, 4.69) is 22.1 Å². The maximum atomic E-state index is 12.8. The molecule has 3 aromatic rings. The van der Waals surface area contributed by atoms with Crippen LogP contribution in [0.4, 0.5) is 5.69 Å². The molecule has 0 saturated carbocycles. The summed E-state index contributed by atoms with van der Waals surface area (Å²) >= 11 is 0. The van der Waals surface area contributed by atoms with E-state index in [1.54, 1.807) is 13.0 Å². The Morgan fingerprint density at radius 3 is 2.39 bits per heavy atom. The van der Waals surface area contributed by atoms with Gasteiger partial charge in [0.2, 0.25) is 0 Å². The fourth-order valence-electron chi connectivity index (χ4n) is 3.87. The molecule has 2 aromatic heterocycles. The van der Waals surface area contributed by atoms with Crippen molar-refractivity contribution in [1.29, 1.82) is 0 Å². The van der Waals surface area contributed by atoms with Gasteiger partial charge >= 0.3 is 0 Å². The van der Waals surface area contributed by atoms with Gasteiger partial charge in [-0.05, 0) is 70.0 Å². The number of ketones is 1. The zero-order valence-corrected chi connectivity index (χ0v) is 19.9. The molecule has 5 heteroatoms. The van der Waals surface area contributed by atoms with E-state index in [0.717, 1.165) is 48.3 Å². The molecule has 0 fully saturated rings. The number of benzene rings is 1. The molecule has 3 rings (SSSR count). The average molecular weight is 444 g/mol. The number of fused-ring (bicyclic) bond motifs is 1. The van der Waals surface area contributed by atoms with Crippen molar-refractivity contribution in [3.63, 3.8) is 0 Å². The quantitative estimate of drug-likeness (QED) is 0.297. The highest BCUT2D eigenvalue weighted by Gasteiger charge is 2.14. The molecule has 172 valence electrons. The van der Waals surface area contributed by atoms with Crippen molar-refractivity contribution in [2.45, 2.75) is 72.1 Å². The van der Waals surface area contributed by atoms with E-state index in [9.17, 15) is 9.59 Å². The van der Waals surface area contributed by atoms with Crippen molar-refractivity contribution in [2.24, 2.45) is 0 Å². The van der Waals surface area contributed by atoms with Crippen LogP contribution in [0.3, 0.4) is 0 Å². The summed E-state index contributed by atoms with van der Waals surface area (Å²) < 4.78 is 1.93. The summed E-state index contributed by atoms with van der Waals surface area (Å²) in [6.45, 7) is 5.59. The smallest absolute Gasteiger partial charge is 0.259 e. The highest BCUT2D eigenvalue weighted by Crippen LogP contribution is 2.17. The summed E-state index contributed by atoms with van der Waals surface area (Å²) in [5, 5.41) is 2.95. The van der Waals surface area contributed by atoms with Crippen molar-refractivity contribution in [1.82, 2.24) is 9.38 Å². The number of amides is 1. The van der Waals surface area contributed by atoms with E-state index >= 15 is 0 Å². The Kier molecular flexibility index (Phi) is 8.83. The molecule has 1 aromatic carbocycles. The number of rotatable bonds is 10. The van der Waals surface area contributed by atoms with E-state index in [1.807, 2.05) is 54.8 Å². The molecular formula is C28H33N3O2. The van der Waals surface area contributed by atoms with Gasteiger partial charge in [0, 0.05) is 41.7 Å². The van der Waals surface area contributed by atoms with E-state index in [1.165, 1.54) is 19.3 Å². The van der Waals surface area contributed by atoms with Gasteiger partial charge in [-0.15, -0.1) is 0 Å². The fourth-order valence-corrected chi connectivity index (χ4v) is 3.87. The molecule has 0 radical (unpaired) electrons. The first-order chi connectivity index (χ1) is 15.9. The zero-order chi connectivity index (χ0) is 23.6. The molecule has 0 aliphatic rings. The maximum Gasteiger partial charge on any atom is 0.259 e. The molecule has 0 saturated heterocycles. The Hall–Kier alpha value is -3.39. The maximum absolute atomic E-state index is 12.8. The Balaban J connectivity index is 1.44. The van der Waals surface area contributed by atoms with Crippen molar-refractivity contribution < 1.29 is 9.59 Å². The van der Waals surface area contributed by atoms with Crippen LogP contribution in [-0.2, 0) is 4.79 Å². The number of carbonyl (C=O) groups is 2. The van der Waals surface area contributed by atoms with Crippen LogP contribution in [0.25, 0.3) is 5.65 Å². The highest BCUT2D eigenvalue weighted by atomic mass is 16.1. The monoisotopic (exact) mass is 443 g/mol. The normalized spacial score (nSPS) is 10.6. The topological polar surface area (TPSA) is 63.5 Å². The van der Waals surface area contributed by atoms with Gasteiger partial charge in [-0.3, -0.25) is 4.79 Å². The number of anilines is 1. The Bertz CT molecular complexity index is 1160. The predicted molar refractivity (Wildman–Crippen MR) is 134 cm³/mol. The number of aryl methyl sites for hydroxylation is 2. The van der Waals surface area contributed by atoms with Crippen molar-refractivity contribution >= 4 is 23.0 Å². The molecule has 1 N–H and O–H groups in total. The SMILES string of the molecule is CC(=O)CCCCCCCCC#Cc1ccc(NC(=O)c2ccn3c(C)cc(C)nc23)cc1. The first-order valence-electron chi connectivity index (χ1n) is 11.8. The minimum atomic E-state index is -0.171. The third kappa shape index (κ3) is 7.32. The van der Waals surface area contributed by atoms with E-state index < -0.39 is 0 Å². The Morgan fingerprint density at radius 1 is 0.970 bits per heavy atom. The van der Waals surface area contributed by atoms with Gasteiger partial charge in [-0.1, -0.05) is 37.5 Å². The third-order valence-electron chi connectivity index (χ3n) is 5.64. The van der Waals surface area contributed by atoms with Crippen LogP contribution in [-0.4, -0.2) is 21.1 Å². The van der Waals surface area contributed by atoms with Crippen molar-refractivity contribution in [3.05, 3.63) is 65.1 Å². The highest BCUT2D eigenvalue weighted by molar-refractivity contribution is 6.08. The fraction of sp³-hybridized carbons (Fsp3) is 0.393. The Labute approximate surface area is 196 Å². The summed E-state index contributed by atoms with van der Waals surface area (Å²) in [7, 11) is 0. The lowest BCUT2D eigenvalue weighted by molar-refractivity contribution is -0.117. The lowest BCUT2D eigenvalue weighted by Crippen LogP contribution is -2.12. The molecule has 5 nitrogen and oxygen atoms in total. The molecule has 0 aliphatic carbocycles. The minimum Gasteiger partial charge on any atom is -0.322 e. The van der Waals surface area contributed by atoms with Crippen LogP contribution in [0.1, 0.15) is 85.6 Å². The van der Waals surface area contributed by atoms with E-state index in [4.69, 9.17) is 0 Å². The first-order valence-corrected chi connectivity index (χ1v) is 11.8. The Morgan fingerprint density at radius 2 is 1.67 bits per heavy atom. The van der Waals surface area contributed by atoms with Crippen LogP contribution in [0.5, 0.6) is 0 Å². The van der Waals surface area contributed by atoms with Crippen LogP contribution in [0, 0.1) is 25.7 Å². The van der Waals surface area contributed by atoms with Crippen LogP contribution < -0.4 is 5.32 Å². The zero-order valence-electron chi connectivity index (χ0n) is 19.9. The summed E-state index contributed by atoms with van der Waals surface area (Å²) in [4.78, 5) is 28.2. The summed E-state index contributed by atoms with van der Waals surface area (Å²) in [6, 6.07) is 11.4. The van der Waals surface area contributed by atoms with E-state index in [0.29, 0.717) is 17.6 Å². The second kappa shape index (κ2) is 12.0. The van der Waals surface area contributed by atoms with Gasteiger partial charge in [0.1, 0.15) is 11.4 Å². The standard InChI is InChI=1S/C28H33N3O2/c1-21-20-22(2)31-19-18-26(27(31)29-21)28(33)30-25-16-14-24(15-17-25)13-11-9-7-5-4-6-8-10-12-23(3)32/h14-20H,4-10,12H2,1-3H3,(H,30,33). The number of nitrogens with one attached hydrogen (secondary N) is 1. The molecule has 1 amide bonds. The number of hydrogen-bond acceptors (Lipinski definition) is 3. The first kappa shape index (κ1) is 24.3. The van der Waals surface area contributed by atoms with Gasteiger partial charge in [0.05, 0.1) is 5.56 Å². The number of unbranched alkanes of at least 4 members (excludes halogenated alkanes) is 6. The summed E-state index contributed by atoms with van der Waals surface area (Å²) in [5.74, 6) is 6.56. The molecule has 0 atom stereocenters. The van der Waals surface area contributed by atoms with Gasteiger partial charge in [-0.2, -0.15) is 0 Å². The number of Topliss-reactive ketones (excluding diaryl/α,β-unsaturated/α-hetero) is 1. The average Bonchev–Trinajstić information content (AvgIpc) is 3.20. The molecule has 0 unspecified atom stereocenters. The third-order valence-corrected chi connectivity index (χ3v) is 5.64.